The summed E-state index contributed by atoms with van der Waals surface area (Å²) in [6, 6.07) is 6.97. The van der Waals surface area contributed by atoms with E-state index in [4.69, 9.17) is 10.5 Å². The van der Waals surface area contributed by atoms with Crippen LogP contribution in [0.3, 0.4) is 0 Å². The molecule has 2 N–H and O–H groups in total. The minimum Gasteiger partial charge on any atom is -0.380 e. The van der Waals surface area contributed by atoms with Crippen LogP contribution in [0.2, 0.25) is 0 Å². The third-order valence-corrected chi connectivity index (χ3v) is 4.20. The molecule has 2 atom stereocenters. The van der Waals surface area contributed by atoms with Crippen LogP contribution in [0.4, 0.5) is 0 Å². The number of methoxy groups -OCH3 is 1. The monoisotopic (exact) mass is 262 g/mol. The molecule has 1 aromatic carbocycles. The zero-order valence-electron chi connectivity index (χ0n) is 12.4. The molecule has 3 nitrogen and oxygen atoms in total. The number of hydrogen-bond acceptors (Lipinski definition) is 3. The summed E-state index contributed by atoms with van der Waals surface area (Å²) in [5.41, 5.74) is 10.1. The quantitative estimate of drug-likeness (QED) is 0.905. The van der Waals surface area contributed by atoms with Crippen LogP contribution in [0.25, 0.3) is 0 Å². The van der Waals surface area contributed by atoms with E-state index in [0.717, 1.165) is 19.5 Å². The predicted molar refractivity (Wildman–Crippen MR) is 79.3 cm³/mol. The number of rotatable bonds is 4. The largest absolute Gasteiger partial charge is 0.380 e. The van der Waals surface area contributed by atoms with Gasteiger partial charge in [-0.15, -0.1) is 0 Å². The SMILES string of the molecule is COC1CCCN(C(CN)c2cc(C)ccc2C)C1. The van der Waals surface area contributed by atoms with E-state index < -0.39 is 0 Å². The van der Waals surface area contributed by atoms with Gasteiger partial charge in [0.1, 0.15) is 0 Å². The molecule has 19 heavy (non-hydrogen) atoms. The van der Waals surface area contributed by atoms with E-state index in [1.54, 1.807) is 0 Å². The van der Waals surface area contributed by atoms with Crippen LogP contribution in [-0.2, 0) is 4.74 Å². The summed E-state index contributed by atoms with van der Waals surface area (Å²) in [7, 11) is 1.81. The van der Waals surface area contributed by atoms with E-state index in [2.05, 4.69) is 36.9 Å². The third kappa shape index (κ3) is 3.35. The summed E-state index contributed by atoms with van der Waals surface area (Å²) in [5, 5.41) is 0. The molecule has 0 aliphatic carbocycles. The molecule has 0 spiro atoms. The smallest absolute Gasteiger partial charge is 0.0698 e. The summed E-state index contributed by atoms with van der Waals surface area (Å²) in [6.07, 6.45) is 2.71. The first-order valence-electron chi connectivity index (χ1n) is 7.19. The van der Waals surface area contributed by atoms with Gasteiger partial charge in [0, 0.05) is 26.2 Å². The lowest BCUT2D eigenvalue weighted by Crippen LogP contribution is -2.43. The topological polar surface area (TPSA) is 38.5 Å². The molecule has 2 unspecified atom stereocenters. The van der Waals surface area contributed by atoms with Crippen molar-refractivity contribution in [2.24, 2.45) is 5.73 Å². The first kappa shape index (κ1) is 14.5. The summed E-state index contributed by atoms with van der Waals surface area (Å²) >= 11 is 0. The molecule has 1 saturated heterocycles. The second-order valence-corrected chi connectivity index (χ2v) is 5.61. The van der Waals surface area contributed by atoms with Crippen molar-refractivity contribution in [3.63, 3.8) is 0 Å². The molecule has 1 aliphatic rings. The fourth-order valence-electron chi connectivity index (χ4n) is 3.03. The van der Waals surface area contributed by atoms with E-state index in [0.29, 0.717) is 18.7 Å². The summed E-state index contributed by atoms with van der Waals surface area (Å²) in [6.45, 7) is 7.10. The Kier molecular flexibility index (Phi) is 4.97. The van der Waals surface area contributed by atoms with Crippen LogP contribution in [-0.4, -0.2) is 37.7 Å². The number of piperidine rings is 1. The number of hydrogen-bond donors (Lipinski definition) is 1. The molecule has 2 rings (SSSR count). The number of ether oxygens (including phenoxy) is 1. The normalized spacial score (nSPS) is 22.4. The van der Waals surface area contributed by atoms with E-state index >= 15 is 0 Å². The van der Waals surface area contributed by atoms with E-state index in [9.17, 15) is 0 Å². The zero-order valence-corrected chi connectivity index (χ0v) is 12.4. The Hall–Kier alpha value is -0.900. The molecule has 3 heteroatoms. The third-order valence-electron chi connectivity index (χ3n) is 4.20. The molecule has 0 aromatic heterocycles. The van der Waals surface area contributed by atoms with Gasteiger partial charge < -0.3 is 10.5 Å². The maximum Gasteiger partial charge on any atom is 0.0698 e. The average molecular weight is 262 g/mol. The van der Waals surface area contributed by atoms with Gasteiger partial charge in [-0.25, -0.2) is 0 Å². The molecule has 0 saturated carbocycles. The van der Waals surface area contributed by atoms with Crippen molar-refractivity contribution in [2.45, 2.75) is 38.8 Å². The average Bonchev–Trinajstić information content (AvgIpc) is 2.44. The van der Waals surface area contributed by atoms with E-state index in [1.807, 2.05) is 7.11 Å². The highest BCUT2D eigenvalue weighted by Gasteiger charge is 2.26. The fraction of sp³-hybridized carbons (Fsp3) is 0.625. The Morgan fingerprint density at radius 2 is 2.21 bits per heavy atom. The zero-order chi connectivity index (χ0) is 13.8. The molecule has 0 amide bonds. The van der Waals surface area contributed by atoms with Crippen LogP contribution in [0.1, 0.15) is 35.6 Å². The Morgan fingerprint density at radius 1 is 1.42 bits per heavy atom. The molecule has 106 valence electrons. The molecule has 0 radical (unpaired) electrons. The second-order valence-electron chi connectivity index (χ2n) is 5.61. The molecular weight excluding hydrogens is 236 g/mol. The van der Waals surface area contributed by atoms with Crippen LogP contribution in [0.5, 0.6) is 0 Å². The molecule has 1 aromatic rings. The van der Waals surface area contributed by atoms with E-state index in [1.165, 1.54) is 23.1 Å². The Morgan fingerprint density at radius 3 is 2.89 bits per heavy atom. The highest BCUT2D eigenvalue weighted by molar-refractivity contribution is 5.33. The number of benzene rings is 1. The number of likely N-dealkylation sites (tertiary alicyclic amines) is 1. The maximum atomic E-state index is 6.06. The minimum absolute atomic E-state index is 0.317. The Bertz CT molecular complexity index is 419. The van der Waals surface area contributed by atoms with Crippen LogP contribution in [0, 0.1) is 13.8 Å². The van der Waals surface area contributed by atoms with Crippen molar-refractivity contribution < 1.29 is 4.74 Å². The highest BCUT2D eigenvalue weighted by atomic mass is 16.5. The van der Waals surface area contributed by atoms with Gasteiger partial charge >= 0.3 is 0 Å². The molecular formula is C16H26N2O. The Balaban J connectivity index is 2.21. The second kappa shape index (κ2) is 6.51. The Labute approximate surface area is 116 Å². The number of nitrogens with zero attached hydrogens (tertiary/aromatic N) is 1. The van der Waals surface area contributed by atoms with Crippen molar-refractivity contribution >= 4 is 0 Å². The standard InChI is InChI=1S/C16H26N2O/c1-12-6-7-13(2)15(9-12)16(10-17)18-8-4-5-14(11-18)19-3/h6-7,9,14,16H,4-5,8,10-11,17H2,1-3H3. The van der Waals surface area contributed by atoms with Crippen molar-refractivity contribution in [1.29, 1.82) is 0 Å². The van der Waals surface area contributed by atoms with Crippen LogP contribution >= 0.6 is 0 Å². The summed E-state index contributed by atoms with van der Waals surface area (Å²) < 4.78 is 5.52. The van der Waals surface area contributed by atoms with Crippen molar-refractivity contribution in [3.05, 3.63) is 34.9 Å². The maximum absolute atomic E-state index is 6.06. The predicted octanol–water partition coefficient (Wildman–Crippen LogP) is 2.41. The summed E-state index contributed by atoms with van der Waals surface area (Å²) in [4.78, 5) is 2.49. The van der Waals surface area contributed by atoms with Gasteiger partial charge in [0.05, 0.1) is 6.10 Å². The molecule has 1 aliphatic heterocycles. The van der Waals surface area contributed by atoms with Crippen LogP contribution < -0.4 is 5.73 Å². The molecule has 0 bridgehead atoms. The first-order valence-corrected chi connectivity index (χ1v) is 7.19. The van der Waals surface area contributed by atoms with Gasteiger partial charge in [0.2, 0.25) is 0 Å². The number of nitrogens with two attached hydrogens (primary N) is 1. The number of aryl methyl sites for hydroxylation is 2. The molecule has 1 heterocycles. The lowest BCUT2D eigenvalue weighted by molar-refractivity contribution is 0.0154. The molecule has 1 fully saturated rings. The van der Waals surface area contributed by atoms with Gasteiger partial charge in [0.25, 0.3) is 0 Å². The van der Waals surface area contributed by atoms with Gasteiger partial charge in [-0.3, -0.25) is 4.90 Å². The van der Waals surface area contributed by atoms with Crippen molar-refractivity contribution in [2.75, 3.05) is 26.7 Å². The summed E-state index contributed by atoms with van der Waals surface area (Å²) in [5.74, 6) is 0. The van der Waals surface area contributed by atoms with Gasteiger partial charge in [-0.1, -0.05) is 23.8 Å². The van der Waals surface area contributed by atoms with Gasteiger partial charge in [0.15, 0.2) is 0 Å². The minimum atomic E-state index is 0.317. The van der Waals surface area contributed by atoms with Gasteiger partial charge in [-0.05, 0) is 44.4 Å². The lowest BCUT2D eigenvalue weighted by Gasteiger charge is -2.38. The van der Waals surface area contributed by atoms with Crippen molar-refractivity contribution in [1.82, 2.24) is 4.90 Å². The highest BCUT2D eigenvalue weighted by Crippen LogP contribution is 2.27. The van der Waals surface area contributed by atoms with Crippen LogP contribution in [0.15, 0.2) is 18.2 Å². The first-order chi connectivity index (χ1) is 9.15. The lowest BCUT2D eigenvalue weighted by atomic mass is 9.95. The van der Waals surface area contributed by atoms with E-state index in [-0.39, 0.29) is 0 Å². The van der Waals surface area contributed by atoms with Crippen molar-refractivity contribution in [3.8, 4) is 0 Å². The van der Waals surface area contributed by atoms with Gasteiger partial charge in [-0.2, -0.15) is 0 Å². The fourth-order valence-corrected chi connectivity index (χ4v) is 3.03.